The smallest absolute Gasteiger partial charge is 0.219 e. The first-order valence-corrected chi connectivity index (χ1v) is 6.88. The third-order valence-electron chi connectivity index (χ3n) is 2.79. The van der Waals surface area contributed by atoms with Gasteiger partial charge >= 0.3 is 0 Å². The maximum absolute atomic E-state index is 11.4. The van der Waals surface area contributed by atoms with Crippen molar-refractivity contribution < 1.29 is 9.59 Å². The van der Waals surface area contributed by atoms with Crippen molar-refractivity contribution in [3.8, 4) is 0 Å². The predicted molar refractivity (Wildman–Crippen MR) is 73.1 cm³/mol. The summed E-state index contributed by atoms with van der Waals surface area (Å²) in [6, 6.07) is 0. The highest BCUT2D eigenvalue weighted by Gasteiger charge is 2.01. The Morgan fingerprint density at radius 1 is 0.889 bits per heavy atom. The van der Waals surface area contributed by atoms with Gasteiger partial charge in [-0.25, -0.2) is 0 Å². The van der Waals surface area contributed by atoms with Crippen LogP contribution < -0.4 is 16.4 Å². The molecule has 0 spiro atoms. The first kappa shape index (κ1) is 16.9. The van der Waals surface area contributed by atoms with Crippen LogP contribution in [0.1, 0.15) is 51.4 Å². The lowest BCUT2D eigenvalue weighted by Gasteiger charge is -2.05. The molecule has 0 aliphatic rings. The molecule has 18 heavy (non-hydrogen) atoms. The normalized spacial score (nSPS) is 10.1. The molecule has 0 saturated heterocycles. The van der Waals surface area contributed by atoms with Crippen LogP contribution >= 0.6 is 0 Å². The van der Waals surface area contributed by atoms with E-state index in [2.05, 4.69) is 10.6 Å². The molecule has 4 N–H and O–H groups in total. The molecule has 0 aliphatic carbocycles. The molecule has 106 valence electrons. The number of nitrogens with one attached hydrogen (secondary N) is 2. The highest BCUT2D eigenvalue weighted by Crippen LogP contribution is 2.00. The Balaban J connectivity index is 3.22. The number of unbranched alkanes of at least 4 members (excludes halogenated alkanes) is 4. The monoisotopic (exact) mass is 257 g/mol. The fraction of sp³-hybridized carbons (Fsp3) is 0.846. The maximum atomic E-state index is 11.4. The summed E-state index contributed by atoms with van der Waals surface area (Å²) in [5, 5.41) is 5.48. The lowest BCUT2D eigenvalue weighted by atomic mass is 10.1. The molecule has 0 aromatic carbocycles. The van der Waals surface area contributed by atoms with Gasteiger partial charge in [0.05, 0.1) is 0 Å². The number of hydrogen-bond donors (Lipinski definition) is 3. The zero-order chi connectivity index (χ0) is 13.6. The summed E-state index contributed by atoms with van der Waals surface area (Å²) in [6.07, 6.45) is 6.89. The van der Waals surface area contributed by atoms with Crippen LogP contribution in [-0.2, 0) is 9.59 Å². The third-order valence-corrected chi connectivity index (χ3v) is 2.79. The molecule has 5 nitrogen and oxygen atoms in total. The van der Waals surface area contributed by atoms with Crippen LogP contribution in [0.5, 0.6) is 0 Å². The summed E-state index contributed by atoms with van der Waals surface area (Å²) in [7, 11) is 1.65. The molecule has 0 saturated carbocycles. The fourth-order valence-corrected chi connectivity index (χ4v) is 1.64. The Kier molecular flexibility index (Phi) is 11.6. The Morgan fingerprint density at radius 2 is 1.50 bits per heavy atom. The molecule has 0 aliphatic heterocycles. The molecular formula is C13H27N3O2. The molecule has 0 aromatic heterocycles. The lowest BCUT2D eigenvalue weighted by Crippen LogP contribution is -2.24. The van der Waals surface area contributed by atoms with Gasteiger partial charge < -0.3 is 16.4 Å². The molecule has 0 unspecified atom stereocenters. The molecule has 0 bridgehead atoms. The van der Waals surface area contributed by atoms with Crippen LogP contribution in [0, 0.1) is 0 Å². The average molecular weight is 257 g/mol. The maximum Gasteiger partial charge on any atom is 0.219 e. The molecule has 0 aromatic rings. The second-order valence-electron chi connectivity index (χ2n) is 4.43. The number of nitrogens with two attached hydrogens (primary N) is 1. The summed E-state index contributed by atoms with van der Waals surface area (Å²) < 4.78 is 0. The molecule has 0 heterocycles. The quantitative estimate of drug-likeness (QED) is 0.481. The van der Waals surface area contributed by atoms with Gasteiger partial charge in [0.15, 0.2) is 0 Å². The standard InChI is InChI=1S/C13H27N3O2/c1-15-12(17)8-5-3-7-11-16-13(18)9-4-2-6-10-14/h2-11,14H2,1H3,(H,15,17)(H,16,18). The summed E-state index contributed by atoms with van der Waals surface area (Å²) in [5.74, 6) is 0.206. The first-order valence-electron chi connectivity index (χ1n) is 6.88. The van der Waals surface area contributed by atoms with E-state index >= 15 is 0 Å². The summed E-state index contributed by atoms with van der Waals surface area (Å²) in [4.78, 5) is 22.3. The largest absolute Gasteiger partial charge is 0.359 e. The second kappa shape index (κ2) is 12.4. The van der Waals surface area contributed by atoms with Gasteiger partial charge in [-0.1, -0.05) is 12.8 Å². The van der Waals surface area contributed by atoms with Gasteiger partial charge in [-0.3, -0.25) is 9.59 Å². The van der Waals surface area contributed by atoms with Gasteiger partial charge in [0.1, 0.15) is 0 Å². The molecule has 0 atom stereocenters. The van der Waals surface area contributed by atoms with E-state index in [-0.39, 0.29) is 11.8 Å². The van der Waals surface area contributed by atoms with E-state index in [0.717, 1.165) is 38.5 Å². The number of hydrogen-bond acceptors (Lipinski definition) is 3. The minimum absolute atomic E-state index is 0.0824. The van der Waals surface area contributed by atoms with Crippen molar-refractivity contribution in [3.05, 3.63) is 0 Å². The topological polar surface area (TPSA) is 84.2 Å². The number of carbonyl (C=O) groups excluding carboxylic acids is 2. The van der Waals surface area contributed by atoms with Crippen molar-refractivity contribution in [2.45, 2.75) is 51.4 Å². The van der Waals surface area contributed by atoms with Crippen LogP contribution in [0.3, 0.4) is 0 Å². The van der Waals surface area contributed by atoms with Crippen molar-refractivity contribution >= 4 is 11.8 Å². The second-order valence-corrected chi connectivity index (χ2v) is 4.43. The summed E-state index contributed by atoms with van der Waals surface area (Å²) in [6.45, 7) is 1.41. The SMILES string of the molecule is CNC(=O)CCCCCNC(=O)CCCCCN. The first-order chi connectivity index (χ1) is 8.70. The number of amides is 2. The third kappa shape index (κ3) is 11.4. The van der Waals surface area contributed by atoms with Crippen molar-refractivity contribution in [1.82, 2.24) is 10.6 Å². The Labute approximate surface area is 110 Å². The van der Waals surface area contributed by atoms with E-state index in [0.29, 0.717) is 25.9 Å². The highest BCUT2D eigenvalue weighted by atomic mass is 16.2. The van der Waals surface area contributed by atoms with Gasteiger partial charge in [0, 0.05) is 26.4 Å². The van der Waals surface area contributed by atoms with Crippen molar-refractivity contribution in [1.29, 1.82) is 0 Å². The van der Waals surface area contributed by atoms with Crippen molar-refractivity contribution in [2.24, 2.45) is 5.73 Å². The van der Waals surface area contributed by atoms with Crippen molar-refractivity contribution in [2.75, 3.05) is 20.1 Å². The molecule has 0 rings (SSSR count). The van der Waals surface area contributed by atoms with Crippen LogP contribution in [-0.4, -0.2) is 32.0 Å². The van der Waals surface area contributed by atoms with Crippen LogP contribution in [0.15, 0.2) is 0 Å². The minimum Gasteiger partial charge on any atom is -0.359 e. The van der Waals surface area contributed by atoms with Crippen molar-refractivity contribution in [3.63, 3.8) is 0 Å². The van der Waals surface area contributed by atoms with E-state index < -0.39 is 0 Å². The number of carbonyl (C=O) groups is 2. The van der Waals surface area contributed by atoms with E-state index in [1.165, 1.54) is 0 Å². The average Bonchev–Trinajstić information content (AvgIpc) is 2.38. The van der Waals surface area contributed by atoms with E-state index in [1.807, 2.05) is 0 Å². The highest BCUT2D eigenvalue weighted by molar-refractivity contribution is 5.76. The zero-order valence-corrected chi connectivity index (χ0v) is 11.5. The van der Waals surface area contributed by atoms with Gasteiger partial charge in [0.2, 0.25) is 11.8 Å². The molecule has 5 heteroatoms. The molecule has 2 amide bonds. The Morgan fingerprint density at radius 3 is 2.11 bits per heavy atom. The summed E-state index contributed by atoms with van der Waals surface area (Å²) >= 11 is 0. The van der Waals surface area contributed by atoms with Gasteiger partial charge in [0.25, 0.3) is 0 Å². The Bertz CT molecular complexity index is 232. The fourth-order valence-electron chi connectivity index (χ4n) is 1.64. The number of rotatable bonds is 11. The van der Waals surface area contributed by atoms with Gasteiger partial charge in [-0.05, 0) is 32.2 Å². The molecular weight excluding hydrogens is 230 g/mol. The summed E-state index contributed by atoms with van der Waals surface area (Å²) in [5.41, 5.74) is 5.37. The van der Waals surface area contributed by atoms with E-state index in [4.69, 9.17) is 5.73 Å². The Hall–Kier alpha value is -1.10. The predicted octanol–water partition coefficient (Wildman–Crippen LogP) is 0.928. The van der Waals surface area contributed by atoms with E-state index in [9.17, 15) is 9.59 Å². The molecule has 0 radical (unpaired) electrons. The van der Waals surface area contributed by atoms with Gasteiger partial charge in [-0.15, -0.1) is 0 Å². The van der Waals surface area contributed by atoms with Crippen LogP contribution in [0.25, 0.3) is 0 Å². The molecule has 0 fully saturated rings. The van der Waals surface area contributed by atoms with Gasteiger partial charge in [-0.2, -0.15) is 0 Å². The minimum atomic E-state index is 0.0824. The van der Waals surface area contributed by atoms with Crippen LogP contribution in [0.2, 0.25) is 0 Å². The lowest BCUT2D eigenvalue weighted by molar-refractivity contribution is -0.122. The zero-order valence-electron chi connectivity index (χ0n) is 11.5. The van der Waals surface area contributed by atoms with Crippen LogP contribution in [0.4, 0.5) is 0 Å². The van der Waals surface area contributed by atoms with E-state index in [1.54, 1.807) is 7.05 Å².